The van der Waals surface area contributed by atoms with Crippen LogP contribution in [0, 0.1) is 0 Å². The van der Waals surface area contributed by atoms with Gasteiger partial charge in [-0.3, -0.25) is 0 Å². The zero-order valence-corrected chi connectivity index (χ0v) is 10.6. The lowest BCUT2D eigenvalue weighted by atomic mass is 10.1. The maximum Gasteiger partial charge on any atom is 0.134 e. The van der Waals surface area contributed by atoms with E-state index in [0.29, 0.717) is 16.1 Å². The van der Waals surface area contributed by atoms with Crippen molar-refractivity contribution in [2.75, 3.05) is 20.1 Å². The van der Waals surface area contributed by atoms with E-state index in [-0.39, 0.29) is 6.10 Å². The molecule has 0 amide bonds. The fourth-order valence-electron chi connectivity index (χ4n) is 1.81. The number of aromatic nitrogens is 1. The van der Waals surface area contributed by atoms with E-state index in [9.17, 15) is 0 Å². The Hall–Kier alpha value is -0.510. The number of halogens is 2. The van der Waals surface area contributed by atoms with Crippen molar-refractivity contribution in [3.8, 4) is 5.75 Å². The van der Waals surface area contributed by atoms with Gasteiger partial charge in [-0.05, 0) is 19.9 Å². The second-order valence-corrected chi connectivity index (χ2v) is 4.84. The van der Waals surface area contributed by atoms with Gasteiger partial charge in [0, 0.05) is 25.2 Å². The van der Waals surface area contributed by atoms with Gasteiger partial charge < -0.3 is 9.64 Å². The van der Waals surface area contributed by atoms with Gasteiger partial charge in [-0.2, -0.15) is 0 Å². The van der Waals surface area contributed by atoms with Gasteiger partial charge in [-0.1, -0.05) is 23.2 Å². The Labute approximate surface area is 105 Å². The normalized spacial score (nSPS) is 18.7. The molecule has 1 aromatic heterocycles. The molecule has 1 aromatic rings. The maximum absolute atomic E-state index is 5.83. The molecule has 1 aliphatic heterocycles. The Morgan fingerprint density at radius 2 is 1.81 bits per heavy atom. The minimum Gasteiger partial charge on any atom is -0.490 e. The highest BCUT2D eigenvalue weighted by molar-refractivity contribution is 6.32. The monoisotopic (exact) mass is 260 g/mol. The predicted octanol–water partition coefficient (Wildman–Crippen LogP) is 2.86. The molecular formula is C11H14Cl2N2O. The van der Waals surface area contributed by atoms with Crippen molar-refractivity contribution in [1.29, 1.82) is 0 Å². The lowest BCUT2D eigenvalue weighted by Gasteiger charge is -2.29. The van der Waals surface area contributed by atoms with E-state index >= 15 is 0 Å². The Balaban J connectivity index is 1.98. The lowest BCUT2D eigenvalue weighted by molar-refractivity contribution is 0.114. The molecule has 0 bridgehead atoms. The van der Waals surface area contributed by atoms with Gasteiger partial charge in [0.2, 0.25) is 0 Å². The van der Waals surface area contributed by atoms with Crippen molar-refractivity contribution >= 4 is 23.2 Å². The zero-order valence-electron chi connectivity index (χ0n) is 9.12. The van der Waals surface area contributed by atoms with Crippen LogP contribution in [0.4, 0.5) is 0 Å². The van der Waals surface area contributed by atoms with Gasteiger partial charge in [-0.15, -0.1) is 0 Å². The molecule has 2 rings (SSSR count). The van der Waals surface area contributed by atoms with E-state index in [4.69, 9.17) is 27.9 Å². The summed E-state index contributed by atoms with van der Waals surface area (Å²) in [7, 11) is 2.12. The lowest BCUT2D eigenvalue weighted by Crippen LogP contribution is -2.35. The first-order chi connectivity index (χ1) is 7.63. The molecule has 0 unspecified atom stereocenters. The van der Waals surface area contributed by atoms with Crippen LogP contribution in [-0.2, 0) is 0 Å². The van der Waals surface area contributed by atoms with Crippen LogP contribution in [0.3, 0.4) is 0 Å². The van der Waals surface area contributed by atoms with E-state index < -0.39 is 0 Å². The first-order valence-corrected chi connectivity index (χ1v) is 6.07. The molecule has 0 aromatic carbocycles. The summed E-state index contributed by atoms with van der Waals surface area (Å²) in [5, 5.41) is 0.742. The van der Waals surface area contributed by atoms with Crippen LogP contribution in [0.1, 0.15) is 12.8 Å². The van der Waals surface area contributed by atoms with E-state index in [1.807, 2.05) is 0 Å². The Kier molecular flexibility index (Phi) is 3.90. The third kappa shape index (κ3) is 3.24. The van der Waals surface area contributed by atoms with Gasteiger partial charge in [0.15, 0.2) is 0 Å². The number of rotatable bonds is 2. The SMILES string of the molecule is CN1CCC(Oc2cc(Cl)nc(Cl)c2)CC1. The summed E-state index contributed by atoms with van der Waals surface area (Å²) in [5.74, 6) is 0.708. The minimum atomic E-state index is 0.255. The van der Waals surface area contributed by atoms with Gasteiger partial charge in [-0.25, -0.2) is 4.98 Å². The summed E-state index contributed by atoms with van der Waals surface area (Å²) in [5.41, 5.74) is 0. The van der Waals surface area contributed by atoms with Crippen LogP contribution in [0.15, 0.2) is 12.1 Å². The molecular weight excluding hydrogens is 247 g/mol. The quantitative estimate of drug-likeness (QED) is 0.765. The van der Waals surface area contributed by atoms with Crippen LogP contribution < -0.4 is 4.74 Å². The summed E-state index contributed by atoms with van der Waals surface area (Å²) in [6.45, 7) is 2.13. The van der Waals surface area contributed by atoms with Crippen LogP contribution in [0.2, 0.25) is 10.3 Å². The van der Waals surface area contributed by atoms with E-state index in [1.54, 1.807) is 12.1 Å². The number of nitrogens with zero attached hydrogens (tertiary/aromatic N) is 2. The fraction of sp³-hybridized carbons (Fsp3) is 0.545. The average molecular weight is 261 g/mol. The van der Waals surface area contributed by atoms with Crippen molar-refractivity contribution in [3.05, 3.63) is 22.4 Å². The van der Waals surface area contributed by atoms with Crippen molar-refractivity contribution < 1.29 is 4.74 Å². The van der Waals surface area contributed by atoms with Crippen molar-refractivity contribution in [3.63, 3.8) is 0 Å². The molecule has 1 fully saturated rings. The molecule has 88 valence electrons. The van der Waals surface area contributed by atoms with Crippen LogP contribution in [-0.4, -0.2) is 36.1 Å². The Morgan fingerprint density at radius 1 is 1.25 bits per heavy atom. The highest BCUT2D eigenvalue weighted by Gasteiger charge is 2.18. The first kappa shape index (κ1) is 12.0. The minimum absolute atomic E-state index is 0.255. The number of pyridine rings is 1. The third-order valence-electron chi connectivity index (χ3n) is 2.70. The summed E-state index contributed by atoms with van der Waals surface area (Å²) >= 11 is 11.6. The van der Waals surface area contributed by atoms with Gasteiger partial charge in [0.25, 0.3) is 0 Å². The van der Waals surface area contributed by atoms with Crippen LogP contribution >= 0.6 is 23.2 Å². The number of hydrogen-bond acceptors (Lipinski definition) is 3. The highest BCUT2D eigenvalue weighted by Crippen LogP contribution is 2.24. The standard InChI is InChI=1S/C11H14Cl2N2O/c1-15-4-2-8(3-5-15)16-9-6-10(12)14-11(13)7-9/h6-8H,2-5H2,1H3. The van der Waals surface area contributed by atoms with Crippen molar-refractivity contribution in [2.45, 2.75) is 18.9 Å². The number of hydrogen-bond donors (Lipinski definition) is 0. The third-order valence-corrected chi connectivity index (χ3v) is 3.09. The van der Waals surface area contributed by atoms with E-state index in [0.717, 1.165) is 25.9 Å². The smallest absolute Gasteiger partial charge is 0.134 e. The summed E-state index contributed by atoms with van der Waals surface area (Å²) in [6.07, 6.45) is 2.33. The summed E-state index contributed by atoms with van der Waals surface area (Å²) < 4.78 is 5.83. The molecule has 0 N–H and O–H groups in total. The second kappa shape index (κ2) is 5.21. The molecule has 0 saturated carbocycles. The molecule has 16 heavy (non-hydrogen) atoms. The maximum atomic E-state index is 5.83. The van der Waals surface area contributed by atoms with Gasteiger partial charge >= 0.3 is 0 Å². The summed E-state index contributed by atoms with van der Waals surface area (Å²) in [4.78, 5) is 6.18. The first-order valence-electron chi connectivity index (χ1n) is 5.32. The topological polar surface area (TPSA) is 25.4 Å². The number of piperidine rings is 1. The molecule has 0 radical (unpaired) electrons. The van der Waals surface area contributed by atoms with Crippen molar-refractivity contribution in [1.82, 2.24) is 9.88 Å². The van der Waals surface area contributed by atoms with E-state index in [2.05, 4.69) is 16.9 Å². The molecule has 2 heterocycles. The number of likely N-dealkylation sites (tertiary alicyclic amines) is 1. The summed E-state index contributed by atoms with van der Waals surface area (Å²) in [6, 6.07) is 3.40. The largest absolute Gasteiger partial charge is 0.490 e. The van der Waals surface area contributed by atoms with Crippen molar-refractivity contribution in [2.24, 2.45) is 0 Å². The molecule has 0 spiro atoms. The predicted molar refractivity (Wildman–Crippen MR) is 65.4 cm³/mol. The van der Waals surface area contributed by atoms with Crippen LogP contribution in [0.5, 0.6) is 5.75 Å². The fourth-order valence-corrected chi connectivity index (χ4v) is 2.25. The van der Waals surface area contributed by atoms with Gasteiger partial charge in [0.05, 0.1) is 0 Å². The molecule has 1 saturated heterocycles. The molecule has 0 aliphatic carbocycles. The van der Waals surface area contributed by atoms with Crippen LogP contribution in [0.25, 0.3) is 0 Å². The average Bonchev–Trinajstić information content (AvgIpc) is 2.20. The van der Waals surface area contributed by atoms with E-state index in [1.165, 1.54) is 0 Å². The molecule has 5 heteroatoms. The highest BCUT2D eigenvalue weighted by atomic mass is 35.5. The Morgan fingerprint density at radius 3 is 2.38 bits per heavy atom. The second-order valence-electron chi connectivity index (χ2n) is 4.07. The molecule has 3 nitrogen and oxygen atoms in total. The molecule has 1 aliphatic rings. The molecule has 0 atom stereocenters. The zero-order chi connectivity index (χ0) is 11.5. The Bertz CT molecular complexity index is 345. The van der Waals surface area contributed by atoms with Gasteiger partial charge in [0.1, 0.15) is 22.2 Å². The number of ether oxygens (including phenoxy) is 1.